The zero-order valence-corrected chi connectivity index (χ0v) is 18.3. The second kappa shape index (κ2) is 8.52. The fourth-order valence-corrected chi connectivity index (χ4v) is 4.66. The van der Waals surface area contributed by atoms with E-state index < -0.39 is 0 Å². The molecule has 1 aromatic carbocycles. The summed E-state index contributed by atoms with van der Waals surface area (Å²) in [5.41, 5.74) is 3.64. The van der Waals surface area contributed by atoms with E-state index in [-0.39, 0.29) is 17.9 Å². The second-order valence-corrected chi connectivity index (χ2v) is 8.30. The van der Waals surface area contributed by atoms with Crippen LogP contribution in [-0.2, 0) is 24.9 Å². The van der Waals surface area contributed by atoms with Crippen LogP contribution in [0.3, 0.4) is 0 Å². The van der Waals surface area contributed by atoms with Gasteiger partial charge in [0.1, 0.15) is 5.75 Å². The van der Waals surface area contributed by atoms with Crippen molar-refractivity contribution in [2.75, 3.05) is 20.2 Å². The molecule has 2 atom stereocenters. The lowest BCUT2D eigenvalue weighted by atomic mass is 9.93. The minimum atomic E-state index is 0.0143. The minimum Gasteiger partial charge on any atom is -0.497 e. The first-order valence-electron chi connectivity index (χ1n) is 10.6. The summed E-state index contributed by atoms with van der Waals surface area (Å²) in [4.78, 5) is 14.3. The van der Waals surface area contributed by atoms with Gasteiger partial charge in [0.2, 0.25) is 5.91 Å². The van der Waals surface area contributed by atoms with Crippen molar-refractivity contribution in [1.82, 2.24) is 24.6 Å². The summed E-state index contributed by atoms with van der Waals surface area (Å²) in [7, 11) is 3.76. The summed E-state index contributed by atoms with van der Waals surface area (Å²) in [5, 5.41) is 8.84. The highest BCUT2D eigenvalue weighted by Crippen LogP contribution is 2.36. The topological polar surface area (TPSA) is 64.3 Å². The van der Waals surface area contributed by atoms with Crippen LogP contribution in [-0.4, -0.2) is 51.4 Å². The minimum absolute atomic E-state index is 0.0143. The van der Waals surface area contributed by atoms with Crippen molar-refractivity contribution in [2.45, 2.75) is 45.3 Å². The SMILES string of the molecule is CCCn1cc(CN2C[C@H](NC(C)=O)[C@@H](c3cn(C)c4ccc(OC)cc34)C2)cn1. The lowest BCUT2D eigenvalue weighted by molar-refractivity contribution is -0.119. The Morgan fingerprint density at radius 2 is 2.13 bits per heavy atom. The summed E-state index contributed by atoms with van der Waals surface area (Å²) >= 11 is 0. The summed E-state index contributed by atoms with van der Waals surface area (Å²) in [6, 6.07) is 6.27. The molecule has 0 bridgehead atoms. The molecule has 0 radical (unpaired) electrons. The predicted octanol–water partition coefficient (Wildman–Crippen LogP) is 2.90. The van der Waals surface area contributed by atoms with Crippen LogP contribution in [0, 0.1) is 0 Å². The van der Waals surface area contributed by atoms with Crippen LogP contribution < -0.4 is 10.1 Å². The second-order valence-electron chi connectivity index (χ2n) is 8.30. The number of nitrogens with one attached hydrogen (secondary N) is 1. The maximum absolute atomic E-state index is 11.9. The number of hydrogen-bond acceptors (Lipinski definition) is 4. The Labute approximate surface area is 177 Å². The predicted molar refractivity (Wildman–Crippen MR) is 118 cm³/mol. The third kappa shape index (κ3) is 4.07. The standard InChI is InChI=1S/C23H31N5O2/c1-5-8-28-12-17(10-24-28)11-27-14-21(22(15-27)25-16(2)29)20-13-26(3)23-7-6-18(30-4)9-19(20)23/h6-7,9-10,12-13,21-22H,5,8,11,14-15H2,1-4H3,(H,25,29)/t21-,22+/m1/s1. The quantitative estimate of drug-likeness (QED) is 0.652. The van der Waals surface area contributed by atoms with Gasteiger partial charge in [-0.25, -0.2) is 0 Å². The Hall–Kier alpha value is -2.80. The summed E-state index contributed by atoms with van der Waals surface area (Å²) < 4.78 is 9.63. The average Bonchev–Trinajstić information content (AvgIpc) is 3.40. The Morgan fingerprint density at radius 1 is 1.30 bits per heavy atom. The van der Waals surface area contributed by atoms with Gasteiger partial charge in [-0.2, -0.15) is 5.10 Å². The molecule has 0 aliphatic carbocycles. The molecule has 1 aliphatic rings. The van der Waals surface area contributed by atoms with Crippen LogP contribution in [0.15, 0.2) is 36.8 Å². The van der Waals surface area contributed by atoms with Gasteiger partial charge < -0.3 is 14.6 Å². The van der Waals surface area contributed by atoms with Crippen LogP contribution in [0.25, 0.3) is 10.9 Å². The molecule has 3 heterocycles. The number of aryl methyl sites for hydroxylation is 2. The van der Waals surface area contributed by atoms with Crippen molar-refractivity contribution in [3.8, 4) is 5.75 Å². The van der Waals surface area contributed by atoms with Crippen LogP contribution in [0.2, 0.25) is 0 Å². The molecular weight excluding hydrogens is 378 g/mol. The highest BCUT2D eigenvalue weighted by Gasteiger charge is 2.36. The lowest BCUT2D eigenvalue weighted by Crippen LogP contribution is -2.38. The molecule has 0 unspecified atom stereocenters. The number of likely N-dealkylation sites (tertiary alicyclic amines) is 1. The van der Waals surface area contributed by atoms with Gasteiger partial charge in [0.05, 0.1) is 13.3 Å². The van der Waals surface area contributed by atoms with Crippen molar-refractivity contribution in [1.29, 1.82) is 0 Å². The molecular formula is C23H31N5O2. The molecule has 1 saturated heterocycles. The van der Waals surface area contributed by atoms with Gasteiger partial charge in [-0.3, -0.25) is 14.4 Å². The van der Waals surface area contributed by atoms with E-state index in [4.69, 9.17) is 4.74 Å². The van der Waals surface area contributed by atoms with Crippen LogP contribution in [0.4, 0.5) is 0 Å². The number of methoxy groups -OCH3 is 1. The van der Waals surface area contributed by atoms with Crippen molar-refractivity contribution >= 4 is 16.8 Å². The number of carbonyl (C=O) groups is 1. The Balaban J connectivity index is 1.62. The molecule has 3 aromatic rings. The number of carbonyl (C=O) groups excluding carboxylic acids is 1. The van der Waals surface area contributed by atoms with E-state index in [0.717, 1.165) is 38.3 Å². The third-order valence-corrected chi connectivity index (χ3v) is 5.96. The normalized spacial score (nSPS) is 19.5. The van der Waals surface area contributed by atoms with E-state index in [1.807, 2.05) is 16.9 Å². The third-order valence-electron chi connectivity index (χ3n) is 5.96. The van der Waals surface area contributed by atoms with Gasteiger partial charge in [0, 0.05) is 81.0 Å². The van der Waals surface area contributed by atoms with Gasteiger partial charge in [-0.15, -0.1) is 0 Å². The van der Waals surface area contributed by atoms with E-state index in [2.05, 4.69) is 58.4 Å². The molecule has 160 valence electrons. The monoisotopic (exact) mass is 409 g/mol. The number of amides is 1. The maximum Gasteiger partial charge on any atom is 0.217 e. The number of aromatic nitrogens is 3. The molecule has 30 heavy (non-hydrogen) atoms. The van der Waals surface area contributed by atoms with E-state index in [0.29, 0.717) is 0 Å². The van der Waals surface area contributed by atoms with Gasteiger partial charge in [-0.05, 0) is 30.2 Å². The van der Waals surface area contributed by atoms with E-state index in [1.165, 1.54) is 22.0 Å². The van der Waals surface area contributed by atoms with Gasteiger partial charge >= 0.3 is 0 Å². The Bertz CT molecular complexity index is 1040. The molecule has 4 rings (SSSR count). The van der Waals surface area contributed by atoms with Crippen LogP contribution >= 0.6 is 0 Å². The summed E-state index contributed by atoms with van der Waals surface area (Å²) in [5.74, 6) is 1.08. The number of rotatable bonds is 7. The average molecular weight is 410 g/mol. The molecule has 1 N–H and O–H groups in total. The number of ether oxygens (including phenoxy) is 1. The molecule has 1 aliphatic heterocycles. The highest BCUT2D eigenvalue weighted by molar-refractivity contribution is 5.86. The lowest BCUT2D eigenvalue weighted by Gasteiger charge is -2.19. The van der Waals surface area contributed by atoms with Crippen molar-refractivity contribution in [2.24, 2.45) is 7.05 Å². The number of benzene rings is 1. The first kappa shape index (κ1) is 20.5. The number of hydrogen-bond donors (Lipinski definition) is 1. The number of nitrogens with zero attached hydrogens (tertiary/aromatic N) is 4. The molecule has 7 nitrogen and oxygen atoms in total. The molecule has 1 amide bonds. The summed E-state index contributed by atoms with van der Waals surface area (Å²) in [6.07, 6.45) is 7.36. The Kier molecular flexibility index (Phi) is 5.81. The zero-order valence-electron chi connectivity index (χ0n) is 18.3. The van der Waals surface area contributed by atoms with Gasteiger partial charge in [0.15, 0.2) is 0 Å². The van der Waals surface area contributed by atoms with E-state index >= 15 is 0 Å². The highest BCUT2D eigenvalue weighted by atomic mass is 16.5. The number of fused-ring (bicyclic) bond motifs is 1. The molecule has 7 heteroatoms. The first-order valence-corrected chi connectivity index (χ1v) is 10.6. The fourth-order valence-electron chi connectivity index (χ4n) is 4.66. The van der Waals surface area contributed by atoms with Crippen LogP contribution in [0.1, 0.15) is 37.3 Å². The summed E-state index contributed by atoms with van der Waals surface area (Å²) in [6.45, 7) is 7.24. The molecule has 1 fully saturated rings. The molecule has 0 saturated carbocycles. The van der Waals surface area contributed by atoms with Crippen molar-refractivity contribution in [3.05, 3.63) is 47.9 Å². The van der Waals surface area contributed by atoms with Gasteiger partial charge in [0.25, 0.3) is 0 Å². The van der Waals surface area contributed by atoms with Gasteiger partial charge in [-0.1, -0.05) is 6.92 Å². The molecule has 2 aromatic heterocycles. The molecule has 0 spiro atoms. The van der Waals surface area contributed by atoms with Crippen molar-refractivity contribution in [3.63, 3.8) is 0 Å². The van der Waals surface area contributed by atoms with Crippen molar-refractivity contribution < 1.29 is 9.53 Å². The van der Waals surface area contributed by atoms with Crippen LogP contribution in [0.5, 0.6) is 5.75 Å². The van der Waals surface area contributed by atoms with E-state index in [9.17, 15) is 4.79 Å². The van der Waals surface area contributed by atoms with E-state index in [1.54, 1.807) is 14.0 Å². The first-order chi connectivity index (χ1) is 14.5. The zero-order chi connectivity index (χ0) is 21.3. The fraction of sp³-hybridized carbons (Fsp3) is 0.478. The maximum atomic E-state index is 11.9. The largest absolute Gasteiger partial charge is 0.497 e. The smallest absolute Gasteiger partial charge is 0.217 e. The Morgan fingerprint density at radius 3 is 2.87 bits per heavy atom.